The minimum atomic E-state index is -0.553. The zero-order valence-electron chi connectivity index (χ0n) is 15.5. The van der Waals surface area contributed by atoms with Crippen molar-refractivity contribution in [1.29, 1.82) is 0 Å². The van der Waals surface area contributed by atoms with Crippen LogP contribution in [0.3, 0.4) is 0 Å². The molecule has 0 bridgehead atoms. The number of ether oxygens (including phenoxy) is 2. The molecule has 6 heteroatoms. The van der Waals surface area contributed by atoms with Gasteiger partial charge >= 0.3 is 0 Å². The topological polar surface area (TPSA) is 42.8 Å². The average Bonchev–Trinajstić information content (AvgIpc) is 3.10. The molecule has 144 valence electrons. The number of aliphatic imine (C=N–C) groups is 1. The van der Waals surface area contributed by atoms with E-state index in [1.54, 1.807) is 13.2 Å². The molecule has 0 fully saturated rings. The number of rotatable bonds is 8. The second kappa shape index (κ2) is 9.09. The monoisotopic (exact) mass is 390 g/mol. The van der Waals surface area contributed by atoms with Gasteiger partial charge in [0.2, 0.25) is 0 Å². The molecular weight excluding hydrogens is 367 g/mol. The number of halogens is 2. The van der Waals surface area contributed by atoms with E-state index < -0.39 is 6.67 Å². The van der Waals surface area contributed by atoms with E-state index in [0.717, 1.165) is 29.8 Å². The third-order valence-corrected chi connectivity index (χ3v) is 4.81. The van der Waals surface area contributed by atoms with Crippen molar-refractivity contribution in [2.24, 2.45) is 4.99 Å². The van der Waals surface area contributed by atoms with Gasteiger partial charge in [-0.1, -0.05) is 37.1 Å². The number of amidine groups is 1. The molecule has 1 unspecified atom stereocenters. The molecule has 0 saturated carbocycles. The molecule has 1 aliphatic rings. The van der Waals surface area contributed by atoms with Crippen LogP contribution in [0, 0.1) is 0 Å². The minimum Gasteiger partial charge on any atom is -0.497 e. The summed E-state index contributed by atoms with van der Waals surface area (Å²) in [4.78, 5) is 4.93. The van der Waals surface area contributed by atoms with Crippen LogP contribution in [-0.4, -0.2) is 32.3 Å². The first kappa shape index (κ1) is 19.5. The van der Waals surface area contributed by atoms with Crippen LogP contribution in [0.1, 0.15) is 36.9 Å². The third kappa shape index (κ3) is 4.53. The molecule has 1 aliphatic heterocycles. The summed E-state index contributed by atoms with van der Waals surface area (Å²) in [5, 5.41) is 4.23. The molecule has 1 N–H and O–H groups in total. The molecule has 2 atom stereocenters. The quantitative estimate of drug-likeness (QED) is 0.693. The maximum absolute atomic E-state index is 12.6. The summed E-state index contributed by atoms with van der Waals surface area (Å²) in [7, 11) is 1.59. The molecular formula is C21H24ClFN2O2. The van der Waals surface area contributed by atoms with Crippen molar-refractivity contribution < 1.29 is 13.9 Å². The summed E-state index contributed by atoms with van der Waals surface area (Å²) in [5.41, 5.74) is 1.92. The maximum atomic E-state index is 12.6. The Bertz CT molecular complexity index is 795. The summed E-state index contributed by atoms with van der Waals surface area (Å²) >= 11 is 6.03. The van der Waals surface area contributed by atoms with Crippen molar-refractivity contribution in [3.05, 3.63) is 58.6 Å². The molecule has 0 spiro atoms. The Kier molecular flexibility index (Phi) is 6.56. The first-order valence-corrected chi connectivity index (χ1v) is 9.51. The van der Waals surface area contributed by atoms with E-state index in [2.05, 4.69) is 12.2 Å². The Morgan fingerprint density at radius 3 is 2.63 bits per heavy atom. The van der Waals surface area contributed by atoms with Gasteiger partial charge in [0.15, 0.2) is 0 Å². The Morgan fingerprint density at radius 2 is 1.96 bits per heavy atom. The molecule has 0 saturated heterocycles. The highest BCUT2D eigenvalue weighted by Crippen LogP contribution is 2.33. The van der Waals surface area contributed by atoms with Gasteiger partial charge in [-0.25, -0.2) is 4.39 Å². The second-order valence-corrected chi connectivity index (χ2v) is 6.85. The van der Waals surface area contributed by atoms with Gasteiger partial charge in [-0.3, -0.25) is 4.99 Å². The molecule has 27 heavy (non-hydrogen) atoms. The van der Waals surface area contributed by atoms with Crippen LogP contribution in [0.4, 0.5) is 4.39 Å². The van der Waals surface area contributed by atoms with Gasteiger partial charge in [-0.05, 0) is 36.2 Å². The van der Waals surface area contributed by atoms with Crippen LogP contribution in [-0.2, 0) is 0 Å². The van der Waals surface area contributed by atoms with E-state index >= 15 is 0 Å². The SMILES string of the molecule is CCC[C@H]1NC(c2ccc(OC)cc2OCCF)=NC1c1ccc(Cl)cc1. The number of hydrogen-bond acceptors (Lipinski definition) is 4. The molecule has 3 rings (SSSR count). The van der Waals surface area contributed by atoms with E-state index in [0.29, 0.717) is 16.5 Å². The van der Waals surface area contributed by atoms with Gasteiger partial charge in [0.1, 0.15) is 30.6 Å². The molecule has 2 aromatic rings. The summed E-state index contributed by atoms with van der Waals surface area (Å²) in [5.74, 6) is 1.97. The highest BCUT2D eigenvalue weighted by molar-refractivity contribution is 6.30. The van der Waals surface area contributed by atoms with Crippen LogP contribution in [0.2, 0.25) is 5.02 Å². The van der Waals surface area contributed by atoms with Crippen LogP contribution in [0.15, 0.2) is 47.5 Å². The van der Waals surface area contributed by atoms with E-state index in [1.807, 2.05) is 36.4 Å². The number of methoxy groups -OCH3 is 1. The average molecular weight is 391 g/mol. The lowest BCUT2D eigenvalue weighted by Gasteiger charge is -2.19. The van der Waals surface area contributed by atoms with Crippen molar-refractivity contribution in [3.63, 3.8) is 0 Å². The first-order chi connectivity index (χ1) is 13.2. The second-order valence-electron chi connectivity index (χ2n) is 6.41. The normalized spacial score (nSPS) is 18.7. The van der Waals surface area contributed by atoms with Crippen molar-refractivity contribution in [2.45, 2.75) is 31.8 Å². The van der Waals surface area contributed by atoms with E-state index in [9.17, 15) is 4.39 Å². The van der Waals surface area contributed by atoms with Crippen LogP contribution in [0.5, 0.6) is 11.5 Å². The number of alkyl halides is 1. The number of benzene rings is 2. The van der Waals surface area contributed by atoms with Gasteiger partial charge in [-0.15, -0.1) is 0 Å². The highest BCUT2D eigenvalue weighted by Gasteiger charge is 2.31. The molecule has 0 aromatic heterocycles. The molecule has 1 heterocycles. The first-order valence-electron chi connectivity index (χ1n) is 9.13. The lowest BCUT2D eigenvalue weighted by Crippen LogP contribution is -2.32. The van der Waals surface area contributed by atoms with Crippen molar-refractivity contribution in [1.82, 2.24) is 5.32 Å². The number of nitrogens with zero attached hydrogens (tertiary/aromatic N) is 1. The van der Waals surface area contributed by atoms with Gasteiger partial charge in [0.05, 0.1) is 24.8 Å². The lowest BCUT2D eigenvalue weighted by molar-refractivity contribution is 0.271. The maximum Gasteiger partial charge on any atom is 0.134 e. The molecule has 0 amide bonds. The van der Waals surface area contributed by atoms with Crippen molar-refractivity contribution in [3.8, 4) is 11.5 Å². The molecule has 4 nitrogen and oxygen atoms in total. The fraction of sp³-hybridized carbons (Fsp3) is 0.381. The predicted molar refractivity (Wildman–Crippen MR) is 107 cm³/mol. The van der Waals surface area contributed by atoms with Gasteiger partial charge < -0.3 is 14.8 Å². The van der Waals surface area contributed by atoms with Crippen LogP contribution in [0.25, 0.3) is 0 Å². The van der Waals surface area contributed by atoms with Crippen molar-refractivity contribution >= 4 is 17.4 Å². The molecule has 0 radical (unpaired) electrons. The largest absolute Gasteiger partial charge is 0.497 e. The smallest absolute Gasteiger partial charge is 0.134 e. The number of hydrogen-bond donors (Lipinski definition) is 1. The Morgan fingerprint density at radius 1 is 1.19 bits per heavy atom. The van der Waals surface area contributed by atoms with E-state index in [4.69, 9.17) is 26.1 Å². The number of nitrogens with one attached hydrogen (secondary N) is 1. The summed E-state index contributed by atoms with van der Waals surface area (Å²) < 4.78 is 23.5. The summed E-state index contributed by atoms with van der Waals surface area (Å²) in [6, 6.07) is 13.5. The third-order valence-electron chi connectivity index (χ3n) is 4.56. The molecule has 0 aliphatic carbocycles. The standard InChI is InChI=1S/C21H24ClFN2O2/c1-3-4-18-20(14-5-7-15(22)8-6-14)25-21(24-18)17-10-9-16(26-2)13-19(17)27-12-11-23/h5-10,13,18,20H,3-4,11-12H2,1-2H3,(H,24,25)/t18-,20?/m1/s1. The highest BCUT2D eigenvalue weighted by atomic mass is 35.5. The fourth-order valence-corrected chi connectivity index (χ4v) is 3.40. The van der Waals surface area contributed by atoms with Gasteiger partial charge in [-0.2, -0.15) is 0 Å². The summed E-state index contributed by atoms with van der Waals surface area (Å²) in [6.45, 7) is 1.59. The zero-order valence-corrected chi connectivity index (χ0v) is 16.3. The fourth-order valence-electron chi connectivity index (χ4n) is 3.27. The Balaban J connectivity index is 1.95. The zero-order chi connectivity index (χ0) is 19.2. The molecule has 2 aromatic carbocycles. The summed E-state index contributed by atoms with van der Waals surface area (Å²) in [6.07, 6.45) is 2.02. The van der Waals surface area contributed by atoms with Gasteiger partial charge in [0.25, 0.3) is 0 Å². The minimum absolute atomic E-state index is 0.00616. The van der Waals surface area contributed by atoms with Crippen molar-refractivity contribution in [2.75, 3.05) is 20.4 Å². The van der Waals surface area contributed by atoms with E-state index in [-0.39, 0.29) is 18.7 Å². The Hall–Kier alpha value is -2.27. The predicted octanol–water partition coefficient (Wildman–Crippen LogP) is 4.96. The van der Waals surface area contributed by atoms with Gasteiger partial charge in [0, 0.05) is 11.1 Å². The Labute approximate surface area is 164 Å². The van der Waals surface area contributed by atoms with Crippen LogP contribution >= 0.6 is 11.6 Å². The van der Waals surface area contributed by atoms with E-state index in [1.165, 1.54) is 0 Å². The lowest BCUT2D eigenvalue weighted by atomic mass is 9.98. The van der Waals surface area contributed by atoms with Crippen LogP contribution < -0.4 is 14.8 Å².